The zero-order chi connectivity index (χ0) is 22.0. The Bertz CT molecular complexity index is 1260. The fraction of sp³-hybridized carbons (Fsp3) is 0.304. The number of rotatable bonds is 6. The van der Waals surface area contributed by atoms with Gasteiger partial charge in [0.25, 0.3) is 5.91 Å². The number of amides is 1. The van der Waals surface area contributed by atoms with Crippen LogP contribution >= 0.6 is 0 Å². The molecular weight excluding hydrogens is 418 g/mol. The minimum absolute atomic E-state index is 0.0341. The number of carbonyl (C=O) groups is 1. The van der Waals surface area contributed by atoms with Gasteiger partial charge >= 0.3 is 0 Å². The van der Waals surface area contributed by atoms with Gasteiger partial charge in [-0.15, -0.1) is 0 Å². The maximum Gasteiger partial charge on any atom is 0.290 e. The van der Waals surface area contributed by atoms with E-state index in [4.69, 9.17) is 9.15 Å². The highest BCUT2D eigenvalue weighted by molar-refractivity contribution is 7.91. The van der Waals surface area contributed by atoms with Crippen LogP contribution in [0.1, 0.15) is 29.5 Å². The summed E-state index contributed by atoms with van der Waals surface area (Å²) in [5, 5.41) is 0.389. The number of hydrogen-bond acceptors (Lipinski definition) is 6. The zero-order valence-corrected chi connectivity index (χ0v) is 17.9. The molecule has 1 amide bonds. The topological polar surface area (TPSA) is 93.9 Å². The fourth-order valence-corrected chi connectivity index (χ4v) is 5.52. The van der Waals surface area contributed by atoms with E-state index in [1.165, 1.54) is 11.0 Å². The van der Waals surface area contributed by atoms with Crippen molar-refractivity contribution in [3.63, 3.8) is 0 Å². The highest BCUT2D eigenvalue weighted by Crippen LogP contribution is 2.24. The maximum absolute atomic E-state index is 13.4. The third-order valence-corrected chi connectivity index (χ3v) is 7.09. The number of ether oxygens (including phenoxy) is 1. The highest BCUT2D eigenvalue weighted by Gasteiger charge is 2.36. The standard InChI is InChI=1S/C23H23NO6S/c1-2-29-18-9-7-16(8-10-18)14-24(17-11-12-31(27,28)15-17)23(26)22-13-20(25)19-5-3-4-6-21(19)30-22/h3-10,13,17H,2,11-12,14-15H2,1H3/t17-/m1/s1. The van der Waals surface area contributed by atoms with Crippen LogP contribution in [0.25, 0.3) is 11.0 Å². The molecule has 1 atom stereocenters. The third-order valence-electron chi connectivity index (χ3n) is 5.34. The summed E-state index contributed by atoms with van der Waals surface area (Å²) in [5.74, 6) is 0.0471. The first-order valence-corrected chi connectivity index (χ1v) is 11.9. The molecule has 0 spiro atoms. The highest BCUT2D eigenvalue weighted by atomic mass is 32.2. The van der Waals surface area contributed by atoms with Gasteiger partial charge < -0.3 is 14.1 Å². The van der Waals surface area contributed by atoms with E-state index in [9.17, 15) is 18.0 Å². The second kappa shape index (κ2) is 8.55. The number of nitrogens with zero attached hydrogens (tertiary/aromatic N) is 1. The van der Waals surface area contributed by atoms with Crippen LogP contribution in [-0.2, 0) is 16.4 Å². The van der Waals surface area contributed by atoms with Gasteiger partial charge in [-0.1, -0.05) is 24.3 Å². The SMILES string of the molecule is CCOc1ccc(CN(C(=O)c2cc(=O)c3ccccc3o2)[C@@H]2CCS(=O)(=O)C2)cc1. The van der Waals surface area contributed by atoms with E-state index in [2.05, 4.69) is 0 Å². The molecule has 4 rings (SSSR count). The van der Waals surface area contributed by atoms with Gasteiger partial charge in [0.2, 0.25) is 0 Å². The molecule has 0 radical (unpaired) electrons. The molecular formula is C23H23NO6S. The van der Waals surface area contributed by atoms with Gasteiger partial charge in [-0.2, -0.15) is 0 Å². The summed E-state index contributed by atoms with van der Waals surface area (Å²) >= 11 is 0. The van der Waals surface area contributed by atoms with Crippen molar-refractivity contribution in [2.24, 2.45) is 0 Å². The summed E-state index contributed by atoms with van der Waals surface area (Å²) in [4.78, 5) is 27.3. The van der Waals surface area contributed by atoms with E-state index in [1.807, 2.05) is 31.2 Å². The predicted molar refractivity (Wildman–Crippen MR) is 117 cm³/mol. The lowest BCUT2D eigenvalue weighted by Gasteiger charge is -2.28. The fourth-order valence-electron chi connectivity index (χ4n) is 3.79. The molecule has 162 valence electrons. The van der Waals surface area contributed by atoms with Crippen LogP contribution in [-0.4, -0.2) is 43.4 Å². The van der Waals surface area contributed by atoms with E-state index in [0.717, 1.165) is 5.56 Å². The second-order valence-electron chi connectivity index (χ2n) is 7.54. The Morgan fingerprint density at radius 2 is 1.90 bits per heavy atom. The summed E-state index contributed by atoms with van der Waals surface area (Å²) in [6.07, 6.45) is 0.350. The van der Waals surface area contributed by atoms with Crippen LogP contribution in [0.3, 0.4) is 0 Å². The Balaban J connectivity index is 1.68. The van der Waals surface area contributed by atoms with Crippen molar-refractivity contribution in [1.29, 1.82) is 0 Å². The van der Waals surface area contributed by atoms with Crippen LogP contribution < -0.4 is 10.2 Å². The van der Waals surface area contributed by atoms with Crippen molar-refractivity contribution in [3.05, 3.63) is 76.1 Å². The lowest BCUT2D eigenvalue weighted by molar-refractivity contribution is 0.0648. The number of sulfone groups is 1. The van der Waals surface area contributed by atoms with Gasteiger partial charge in [-0.25, -0.2) is 8.42 Å². The normalized spacial score (nSPS) is 17.5. The third kappa shape index (κ3) is 4.64. The van der Waals surface area contributed by atoms with E-state index < -0.39 is 21.8 Å². The van der Waals surface area contributed by atoms with Crippen molar-refractivity contribution >= 4 is 26.7 Å². The Kier molecular flexibility index (Phi) is 5.82. The van der Waals surface area contributed by atoms with Crippen molar-refractivity contribution in [2.75, 3.05) is 18.1 Å². The van der Waals surface area contributed by atoms with E-state index in [-0.39, 0.29) is 29.2 Å². The Morgan fingerprint density at radius 1 is 1.16 bits per heavy atom. The first-order chi connectivity index (χ1) is 14.9. The largest absolute Gasteiger partial charge is 0.494 e. The summed E-state index contributed by atoms with van der Waals surface area (Å²) in [7, 11) is -3.21. The molecule has 8 heteroatoms. The number of fused-ring (bicyclic) bond motifs is 1. The molecule has 1 aromatic heterocycles. The number of carbonyl (C=O) groups excluding carboxylic acids is 1. The summed E-state index contributed by atoms with van der Waals surface area (Å²) < 4.78 is 35.3. The van der Waals surface area contributed by atoms with Gasteiger partial charge in [0.1, 0.15) is 11.3 Å². The van der Waals surface area contributed by atoms with Gasteiger partial charge in [-0.05, 0) is 43.2 Å². The van der Waals surface area contributed by atoms with Crippen molar-refractivity contribution < 1.29 is 22.4 Å². The zero-order valence-electron chi connectivity index (χ0n) is 17.1. The molecule has 0 unspecified atom stereocenters. The Hall–Kier alpha value is -3.13. The van der Waals surface area contributed by atoms with Crippen molar-refractivity contribution in [2.45, 2.75) is 25.9 Å². The smallest absolute Gasteiger partial charge is 0.290 e. The molecule has 1 fully saturated rings. The van der Waals surface area contributed by atoms with Crippen LogP contribution in [0.2, 0.25) is 0 Å². The van der Waals surface area contributed by atoms with Crippen molar-refractivity contribution in [1.82, 2.24) is 4.90 Å². The number of hydrogen-bond donors (Lipinski definition) is 0. The predicted octanol–water partition coefficient (Wildman–Crippen LogP) is 3.02. The number of para-hydroxylation sites is 1. The maximum atomic E-state index is 13.4. The molecule has 7 nitrogen and oxygen atoms in total. The molecule has 31 heavy (non-hydrogen) atoms. The molecule has 0 saturated carbocycles. The van der Waals surface area contributed by atoms with Crippen LogP contribution in [0.4, 0.5) is 0 Å². The van der Waals surface area contributed by atoms with Crippen LogP contribution in [0.15, 0.2) is 63.8 Å². The summed E-state index contributed by atoms with van der Waals surface area (Å²) in [5.41, 5.74) is 0.827. The van der Waals surface area contributed by atoms with Gasteiger partial charge in [0, 0.05) is 18.7 Å². The molecule has 3 aromatic rings. The molecule has 1 saturated heterocycles. The van der Waals surface area contributed by atoms with Crippen LogP contribution in [0, 0.1) is 0 Å². The van der Waals surface area contributed by atoms with Gasteiger partial charge in [0.05, 0.1) is 23.5 Å². The average molecular weight is 442 g/mol. The lowest BCUT2D eigenvalue weighted by atomic mass is 10.1. The van der Waals surface area contributed by atoms with Gasteiger partial charge in [0.15, 0.2) is 21.0 Å². The van der Waals surface area contributed by atoms with Crippen molar-refractivity contribution in [3.8, 4) is 5.75 Å². The molecule has 0 bridgehead atoms. The van der Waals surface area contributed by atoms with Gasteiger partial charge in [-0.3, -0.25) is 9.59 Å². The minimum atomic E-state index is -3.21. The number of benzene rings is 2. The Labute approximate surface area is 180 Å². The quantitative estimate of drug-likeness (QED) is 0.584. The molecule has 1 aliphatic rings. The first-order valence-electron chi connectivity index (χ1n) is 10.1. The monoisotopic (exact) mass is 441 g/mol. The minimum Gasteiger partial charge on any atom is -0.494 e. The average Bonchev–Trinajstić information content (AvgIpc) is 3.12. The van der Waals surface area contributed by atoms with Crippen LogP contribution in [0.5, 0.6) is 5.75 Å². The molecule has 2 aromatic carbocycles. The lowest BCUT2D eigenvalue weighted by Crippen LogP contribution is -2.40. The molecule has 0 aliphatic carbocycles. The summed E-state index contributed by atoms with van der Waals surface area (Å²) in [6, 6.07) is 14.7. The van der Waals surface area contributed by atoms with E-state index >= 15 is 0 Å². The first kappa shape index (κ1) is 21.1. The Morgan fingerprint density at radius 3 is 2.58 bits per heavy atom. The second-order valence-corrected chi connectivity index (χ2v) is 9.77. The molecule has 0 N–H and O–H groups in total. The van der Waals surface area contributed by atoms with E-state index in [1.54, 1.807) is 24.3 Å². The molecule has 1 aliphatic heterocycles. The molecule has 2 heterocycles. The van der Waals surface area contributed by atoms with E-state index in [0.29, 0.717) is 29.7 Å². The summed E-state index contributed by atoms with van der Waals surface area (Å²) in [6.45, 7) is 2.64.